The first-order valence-corrected chi connectivity index (χ1v) is 11.0. The van der Waals surface area contributed by atoms with Crippen molar-refractivity contribution in [2.45, 2.75) is 25.8 Å². The maximum atomic E-state index is 13.7. The van der Waals surface area contributed by atoms with Gasteiger partial charge in [-0.15, -0.1) is 0 Å². The Labute approximate surface area is 192 Å². The number of pyridine rings is 1. The van der Waals surface area contributed by atoms with Crippen LogP contribution in [0, 0.1) is 6.92 Å². The van der Waals surface area contributed by atoms with Crippen LogP contribution in [0.4, 0.5) is 11.5 Å². The van der Waals surface area contributed by atoms with E-state index >= 15 is 0 Å². The number of anilines is 2. The number of amides is 1. The second-order valence-electron chi connectivity index (χ2n) is 8.26. The molecule has 1 aliphatic heterocycles. The minimum atomic E-state index is -0.0463. The van der Waals surface area contributed by atoms with Crippen LogP contribution >= 0.6 is 0 Å². The first-order valence-electron chi connectivity index (χ1n) is 11.0. The lowest BCUT2D eigenvalue weighted by molar-refractivity contribution is 0.0723. The quantitative estimate of drug-likeness (QED) is 0.493. The van der Waals surface area contributed by atoms with Gasteiger partial charge in [0.05, 0.1) is 36.9 Å². The van der Waals surface area contributed by atoms with E-state index in [1.807, 2.05) is 53.8 Å². The highest BCUT2D eigenvalue weighted by molar-refractivity contribution is 6.02. The van der Waals surface area contributed by atoms with Gasteiger partial charge >= 0.3 is 0 Å². The van der Waals surface area contributed by atoms with Crippen LogP contribution < -0.4 is 10.1 Å². The zero-order valence-corrected chi connectivity index (χ0v) is 18.9. The van der Waals surface area contributed by atoms with Crippen LogP contribution in [0.25, 0.3) is 10.9 Å². The molecular weight excluding hydrogens is 416 g/mol. The summed E-state index contributed by atoms with van der Waals surface area (Å²) in [6, 6.07) is 9.82. The highest BCUT2D eigenvalue weighted by Crippen LogP contribution is 2.35. The Morgan fingerprint density at radius 3 is 2.76 bits per heavy atom. The fourth-order valence-corrected chi connectivity index (χ4v) is 4.68. The topological polar surface area (TPSA) is 85.2 Å². The van der Waals surface area contributed by atoms with E-state index in [1.54, 1.807) is 31.9 Å². The van der Waals surface area contributed by atoms with Crippen LogP contribution in [0.15, 0.2) is 55.1 Å². The van der Waals surface area contributed by atoms with E-state index in [2.05, 4.69) is 20.3 Å². The molecular formula is C25H26N6O2. The van der Waals surface area contributed by atoms with E-state index in [-0.39, 0.29) is 11.9 Å². The summed E-state index contributed by atoms with van der Waals surface area (Å²) < 4.78 is 7.37. The summed E-state index contributed by atoms with van der Waals surface area (Å²) in [6.45, 7) is 2.72. The first kappa shape index (κ1) is 20.9. The average molecular weight is 443 g/mol. The van der Waals surface area contributed by atoms with Crippen LogP contribution in [-0.2, 0) is 7.05 Å². The summed E-state index contributed by atoms with van der Waals surface area (Å²) >= 11 is 0. The van der Waals surface area contributed by atoms with Gasteiger partial charge in [0.25, 0.3) is 5.91 Å². The number of nitrogens with zero attached hydrogens (tertiary/aromatic N) is 5. The fraction of sp³-hybridized carbons (Fsp3) is 0.280. The highest BCUT2D eigenvalue weighted by atomic mass is 16.5. The highest BCUT2D eigenvalue weighted by Gasteiger charge is 2.34. The number of aryl methyl sites for hydroxylation is 2. The number of aromatic nitrogens is 4. The van der Waals surface area contributed by atoms with Gasteiger partial charge in [-0.2, -0.15) is 0 Å². The van der Waals surface area contributed by atoms with E-state index in [1.165, 1.54) is 0 Å². The largest absolute Gasteiger partial charge is 0.497 e. The van der Waals surface area contributed by atoms with E-state index in [9.17, 15) is 4.79 Å². The van der Waals surface area contributed by atoms with Crippen molar-refractivity contribution < 1.29 is 9.53 Å². The number of carbonyl (C=O) groups is 1. The molecule has 1 saturated heterocycles. The molecule has 3 aromatic heterocycles. The van der Waals surface area contributed by atoms with E-state index in [0.29, 0.717) is 11.5 Å². The predicted molar refractivity (Wildman–Crippen MR) is 127 cm³/mol. The maximum Gasteiger partial charge on any atom is 0.271 e. The van der Waals surface area contributed by atoms with Gasteiger partial charge < -0.3 is 19.5 Å². The Bertz CT molecular complexity index is 1300. The van der Waals surface area contributed by atoms with Crippen molar-refractivity contribution in [1.82, 2.24) is 24.4 Å². The molecule has 8 nitrogen and oxygen atoms in total. The molecule has 0 aliphatic carbocycles. The number of ether oxygens (including phenoxy) is 1. The zero-order chi connectivity index (χ0) is 22.9. The van der Waals surface area contributed by atoms with Crippen molar-refractivity contribution in [1.29, 1.82) is 0 Å². The number of carbonyl (C=O) groups excluding carboxylic acids is 1. The molecule has 4 heterocycles. The molecule has 1 aromatic carbocycles. The van der Waals surface area contributed by atoms with Crippen molar-refractivity contribution in [3.05, 3.63) is 72.1 Å². The lowest BCUT2D eigenvalue weighted by Crippen LogP contribution is -2.32. The van der Waals surface area contributed by atoms with Crippen molar-refractivity contribution in [2.75, 3.05) is 19.0 Å². The Morgan fingerprint density at radius 2 is 2.03 bits per heavy atom. The van der Waals surface area contributed by atoms with Gasteiger partial charge in [-0.1, -0.05) is 0 Å². The third-order valence-corrected chi connectivity index (χ3v) is 6.34. The molecule has 0 saturated carbocycles. The van der Waals surface area contributed by atoms with Crippen LogP contribution in [0.3, 0.4) is 0 Å². The Morgan fingerprint density at radius 1 is 1.15 bits per heavy atom. The van der Waals surface area contributed by atoms with Crippen LogP contribution in [0.1, 0.15) is 40.6 Å². The summed E-state index contributed by atoms with van der Waals surface area (Å²) in [5.41, 5.74) is 4.42. The molecule has 0 spiro atoms. The lowest BCUT2D eigenvalue weighted by Gasteiger charge is -2.25. The van der Waals surface area contributed by atoms with Gasteiger partial charge in [-0.3, -0.25) is 14.8 Å². The number of fused-ring (bicyclic) bond motifs is 1. The number of hydrogen-bond donors (Lipinski definition) is 1. The van der Waals surface area contributed by atoms with Crippen molar-refractivity contribution in [3.8, 4) is 5.75 Å². The molecule has 8 heteroatoms. The summed E-state index contributed by atoms with van der Waals surface area (Å²) in [7, 11) is 3.60. The van der Waals surface area contributed by atoms with Crippen molar-refractivity contribution in [3.63, 3.8) is 0 Å². The molecule has 1 atom stereocenters. The molecule has 0 bridgehead atoms. The number of likely N-dealkylation sites (tertiary alicyclic amines) is 1. The third kappa shape index (κ3) is 3.77. The average Bonchev–Trinajstić information content (AvgIpc) is 3.43. The Hall–Kier alpha value is -3.94. The van der Waals surface area contributed by atoms with Gasteiger partial charge in [0.1, 0.15) is 17.3 Å². The number of nitrogens with one attached hydrogen (secondary N) is 1. The van der Waals surface area contributed by atoms with Crippen molar-refractivity contribution in [2.24, 2.45) is 7.05 Å². The molecule has 1 unspecified atom stereocenters. The second-order valence-corrected chi connectivity index (χ2v) is 8.26. The van der Waals surface area contributed by atoms with Crippen LogP contribution in [0.5, 0.6) is 5.75 Å². The monoisotopic (exact) mass is 442 g/mol. The number of methoxy groups -OCH3 is 1. The van der Waals surface area contributed by atoms with Gasteiger partial charge in [0.15, 0.2) is 0 Å². The molecule has 33 heavy (non-hydrogen) atoms. The van der Waals surface area contributed by atoms with Gasteiger partial charge in [0, 0.05) is 36.9 Å². The smallest absolute Gasteiger partial charge is 0.271 e. The molecule has 1 fully saturated rings. The minimum absolute atomic E-state index is 0.0382. The number of rotatable bonds is 5. The standard InChI is InChI=1S/C25H26N6O2/c1-16-19-13-18(33-3)7-9-21(19)30(2)24(16)25(32)31-12-4-5-22(31)20-8-6-17(14-28-20)29-23-15-26-10-11-27-23/h6-11,13-15,22H,4-5,12H2,1-3H3,(H,27,29). The van der Waals surface area contributed by atoms with Gasteiger partial charge in [-0.05, 0) is 55.7 Å². The van der Waals surface area contributed by atoms with Gasteiger partial charge in [-0.25, -0.2) is 4.98 Å². The SMILES string of the molecule is COc1ccc2c(c1)c(C)c(C(=O)N1CCCC1c1ccc(Nc3cnccn3)cn1)n2C. The number of benzene rings is 1. The normalized spacial score (nSPS) is 15.7. The van der Waals surface area contributed by atoms with Crippen LogP contribution in [0.2, 0.25) is 0 Å². The molecule has 1 amide bonds. The third-order valence-electron chi connectivity index (χ3n) is 6.34. The first-order chi connectivity index (χ1) is 16.1. The maximum absolute atomic E-state index is 13.7. The summed E-state index contributed by atoms with van der Waals surface area (Å²) in [4.78, 5) is 28.6. The fourth-order valence-electron chi connectivity index (χ4n) is 4.68. The predicted octanol–water partition coefficient (Wildman–Crippen LogP) is 4.40. The molecule has 5 rings (SSSR count). The summed E-state index contributed by atoms with van der Waals surface area (Å²) in [5.74, 6) is 1.48. The number of hydrogen-bond acceptors (Lipinski definition) is 6. The Kier molecular flexibility index (Phi) is 5.42. The molecule has 0 radical (unpaired) electrons. The molecule has 1 aliphatic rings. The van der Waals surface area contributed by atoms with Crippen molar-refractivity contribution >= 4 is 28.3 Å². The summed E-state index contributed by atoms with van der Waals surface area (Å²) in [6.07, 6.45) is 8.55. The van der Waals surface area contributed by atoms with E-state index < -0.39 is 0 Å². The molecule has 1 N–H and O–H groups in total. The zero-order valence-electron chi connectivity index (χ0n) is 18.9. The van der Waals surface area contributed by atoms with Gasteiger partial charge in [0.2, 0.25) is 0 Å². The van der Waals surface area contributed by atoms with E-state index in [0.717, 1.165) is 53.0 Å². The Balaban J connectivity index is 1.41. The molecule has 168 valence electrons. The second kappa shape index (κ2) is 8.54. The summed E-state index contributed by atoms with van der Waals surface area (Å²) in [5, 5.41) is 4.23. The minimum Gasteiger partial charge on any atom is -0.497 e. The van der Waals surface area contributed by atoms with E-state index in [4.69, 9.17) is 4.74 Å². The molecule has 4 aromatic rings. The lowest BCUT2D eigenvalue weighted by atomic mass is 10.1. The van der Waals surface area contributed by atoms with Crippen LogP contribution in [-0.4, -0.2) is 44.0 Å².